The number of hydrogen-bond acceptors (Lipinski definition) is 3. The van der Waals surface area contributed by atoms with Crippen molar-refractivity contribution >= 4 is 22.6 Å². The van der Waals surface area contributed by atoms with Gasteiger partial charge in [0.25, 0.3) is 0 Å². The van der Waals surface area contributed by atoms with Crippen molar-refractivity contribution in [3.8, 4) is 11.8 Å². The molecule has 28 heavy (non-hydrogen) atoms. The van der Waals surface area contributed by atoms with Gasteiger partial charge in [0.2, 0.25) is 0 Å². The summed E-state index contributed by atoms with van der Waals surface area (Å²) in [6.07, 6.45) is 6.44. The van der Waals surface area contributed by atoms with Crippen molar-refractivity contribution in [2.45, 2.75) is 53.4 Å². The summed E-state index contributed by atoms with van der Waals surface area (Å²) < 4.78 is 2.28. The molecule has 3 aromatic rings. The van der Waals surface area contributed by atoms with Crippen LogP contribution < -0.4 is 0 Å². The zero-order valence-electron chi connectivity index (χ0n) is 17.0. The minimum atomic E-state index is 0.791. The summed E-state index contributed by atoms with van der Waals surface area (Å²) in [7, 11) is 0. The van der Waals surface area contributed by atoms with E-state index in [1.54, 1.807) is 11.3 Å². The number of aryl methyl sites for hydroxylation is 4. The monoisotopic (exact) mass is 387 g/mol. The van der Waals surface area contributed by atoms with E-state index in [1.807, 2.05) is 6.21 Å². The molecule has 142 valence electrons. The molecule has 4 heteroatoms. The van der Waals surface area contributed by atoms with E-state index in [9.17, 15) is 5.26 Å². The minimum Gasteiger partial charge on any atom is -0.318 e. The Kier molecular flexibility index (Phi) is 4.95. The third-order valence-electron chi connectivity index (χ3n) is 5.80. The molecular weight excluding hydrogens is 362 g/mol. The second-order valence-corrected chi connectivity index (χ2v) is 8.78. The highest BCUT2D eigenvalue weighted by Crippen LogP contribution is 2.39. The number of thiophene rings is 1. The maximum atomic E-state index is 9.64. The summed E-state index contributed by atoms with van der Waals surface area (Å²) >= 11 is 1.70. The normalized spacial score (nSPS) is 13.7. The van der Waals surface area contributed by atoms with Crippen LogP contribution in [0.1, 0.15) is 56.9 Å². The molecule has 0 saturated heterocycles. The molecule has 0 fully saturated rings. The average molecular weight is 388 g/mol. The molecule has 3 nitrogen and oxygen atoms in total. The fraction of sp³-hybridized carbons (Fsp3) is 0.333. The fourth-order valence-electron chi connectivity index (χ4n) is 4.07. The molecule has 0 spiro atoms. The zero-order chi connectivity index (χ0) is 19.8. The van der Waals surface area contributed by atoms with Gasteiger partial charge >= 0.3 is 0 Å². The highest BCUT2D eigenvalue weighted by molar-refractivity contribution is 7.16. The van der Waals surface area contributed by atoms with Gasteiger partial charge in [0.15, 0.2) is 0 Å². The van der Waals surface area contributed by atoms with Crippen molar-refractivity contribution in [2.24, 2.45) is 4.99 Å². The molecule has 2 heterocycles. The van der Waals surface area contributed by atoms with Gasteiger partial charge in [-0.15, -0.1) is 11.3 Å². The lowest BCUT2D eigenvalue weighted by molar-refractivity contribution is 0.696. The second kappa shape index (κ2) is 7.41. The molecule has 4 rings (SSSR count). The molecule has 1 aliphatic rings. The first-order valence-electron chi connectivity index (χ1n) is 9.85. The van der Waals surface area contributed by atoms with Gasteiger partial charge < -0.3 is 4.57 Å². The summed E-state index contributed by atoms with van der Waals surface area (Å²) in [4.78, 5) is 6.11. The average Bonchev–Trinajstić information content (AvgIpc) is 3.18. The number of rotatable bonds is 3. The number of aromatic nitrogens is 1. The van der Waals surface area contributed by atoms with Crippen LogP contribution in [0.4, 0.5) is 5.00 Å². The maximum absolute atomic E-state index is 9.64. The van der Waals surface area contributed by atoms with Gasteiger partial charge in [0.05, 0.1) is 5.56 Å². The van der Waals surface area contributed by atoms with Crippen LogP contribution >= 0.6 is 11.3 Å². The number of fused-ring (bicyclic) bond motifs is 1. The van der Waals surface area contributed by atoms with Gasteiger partial charge in [-0.1, -0.05) is 6.07 Å². The molecule has 1 aliphatic carbocycles. The Hall–Kier alpha value is -2.64. The van der Waals surface area contributed by atoms with Gasteiger partial charge in [-0.25, -0.2) is 4.99 Å². The van der Waals surface area contributed by atoms with Crippen molar-refractivity contribution in [2.75, 3.05) is 0 Å². The van der Waals surface area contributed by atoms with E-state index in [-0.39, 0.29) is 0 Å². The molecule has 0 aliphatic heterocycles. The van der Waals surface area contributed by atoms with Crippen molar-refractivity contribution in [1.29, 1.82) is 5.26 Å². The lowest BCUT2D eigenvalue weighted by atomic mass is 9.96. The van der Waals surface area contributed by atoms with Crippen molar-refractivity contribution in [1.82, 2.24) is 4.57 Å². The third kappa shape index (κ3) is 3.21. The summed E-state index contributed by atoms with van der Waals surface area (Å²) in [6.45, 7) is 8.55. The quantitative estimate of drug-likeness (QED) is 0.488. The molecular formula is C24H25N3S. The molecule has 0 bridgehead atoms. The summed E-state index contributed by atoms with van der Waals surface area (Å²) in [5.41, 5.74) is 9.28. The van der Waals surface area contributed by atoms with Gasteiger partial charge in [0.1, 0.15) is 11.1 Å². The van der Waals surface area contributed by atoms with Crippen LogP contribution in [0.15, 0.2) is 29.3 Å². The maximum Gasteiger partial charge on any atom is 0.134 e. The van der Waals surface area contributed by atoms with Crippen LogP contribution in [0, 0.1) is 39.0 Å². The summed E-state index contributed by atoms with van der Waals surface area (Å²) in [5.74, 6) is 0. The molecule has 0 amide bonds. The van der Waals surface area contributed by atoms with E-state index in [0.29, 0.717) is 0 Å². The SMILES string of the molecule is Cc1ccc(-n2c(C)cc(C=Nc3sc4c(c3C#N)CCCC4)c2C)cc1C. The number of benzene rings is 1. The molecule has 0 radical (unpaired) electrons. The van der Waals surface area contributed by atoms with Gasteiger partial charge in [-0.05, 0) is 88.3 Å². The molecule has 0 N–H and O–H groups in total. The minimum absolute atomic E-state index is 0.791. The Balaban J connectivity index is 1.71. The van der Waals surface area contributed by atoms with Crippen LogP contribution in [-0.2, 0) is 12.8 Å². The van der Waals surface area contributed by atoms with E-state index < -0.39 is 0 Å². The molecule has 0 atom stereocenters. The van der Waals surface area contributed by atoms with E-state index in [2.05, 4.69) is 62.6 Å². The number of nitrogens with zero attached hydrogens (tertiary/aromatic N) is 3. The molecule has 1 aromatic carbocycles. The predicted octanol–water partition coefficient (Wildman–Crippen LogP) is 6.27. The first-order valence-corrected chi connectivity index (χ1v) is 10.7. The molecule has 0 unspecified atom stereocenters. The van der Waals surface area contributed by atoms with Crippen LogP contribution in [0.25, 0.3) is 5.69 Å². The van der Waals surface area contributed by atoms with E-state index >= 15 is 0 Å². The van der Waals surface area contributed by atoms with Crippen LogP contribution in [0.3, 0.4) is 0 Å². The Morgan fingerprint density at radius 1 is 1.07 bits per heavy atom. The Bertz CT molecular complexity index is 1120. The van der Waals surface area contributed by atoms with Crippen LogP contribution in [0.5, 0.6) is 0 Å². The Morgan fingerprint density at radius 2 is 1.86 bits per heavy atom. The first kappa shape index (κ1) is 18.7. The van der Waals surface area contributed by atoms with Gasteiger partial charge in [-0.3, -0.25) is 0 Å². The van der Waals surface area contributed by atoms with Crippen molar-refractivity contribution in [3.05, 3.63) is 68.3 Å². The highest BCUT2D eigenvalue weighted by atomic mass is 32.1. The second-order valence-electron chi connectivity index (χ2n) is 7.69. The Labute approximate surface area is 171 Å². The lowest BCUT2D eigenvalue weighted by Gasteiger charge is -2.11. The number of hydrogen-bond donors (Lipinski definition) is 0. The van der Waals surface area contributed by atoms with E-state index in [1.165, 1.54) is 51.5 Å². The van der Waals surface area contributed by atoms with Crippen molar-refractivity contribution in [3.63, 3.8) is 0 Å². The van der Waals surface area contributed by atoms with Crippen molar-refractivity contribution < 1.29 is 0 Å². The van der Waals surface area contributed by atoms with E-state index in [0.717, 1.165) is 29.0 Å². The number of aliphatic imine (C=N–C) groups is 1. The highest BCUT2D eigenvalue weighted by Gasteiger charge is 2.20. The molecule has 2 aromatic heterocycles. The lowest BCUT2D eigenvalue weighted by Crippen LogP contribution is -2.00. The Morgan fingerprint density at radius 3 is 2.61 bits per heavy atom. The topological polar surface area (TPSA) is 41.1 Å². The largest absolute Gasteiger partial charge is 0.318 e. The van der Waals surface area contributed by atoms with Gasteiger partial charge in [-0.2, -0.15) is 5.26 Å². The summed E-state index contributed by atoms with van der Waals surface area (Å²) in [6, 6.07) is 11.2. The van der Waals surface area contributed by atoms with Gasteiger partial charge in [0, 0.05) is 33.7 Å². The summed E-state index contributed by atoms with van der Waals surface area (Å²) in [5, 5.41) is 10.5. The predicted molar refractivity (Wildman–Crippen MR) is 118 cm³/mol. The molecule has 0 saturated carbocycles. The fourth-order valence-corrected chi connectivity index (χ4v) is 5.25. The standard InChI is InChI=1S/C24H25N3S/c1-15-9-10-20(11-16(15)2)27-17(3)12-19(18(27)4)14-26-24-22(13-25)21-7-5-6-8-23(21)28-24/h9-12,14H,5-8H2,1-4H3. The van der Waals surface area contributed by atoms with Crippen LogP contribution in [0.2, 0.25) is 0 Å². The van der Waals surface area contributed by atoms with E-state index in [4.69, 9.17) is 4.99 Å². The third-order valence-corrected chi connectivity index (χ3v) is 7.00. The smallest absolute Gasteiger partial charge is 0.134 e. The number of nitriles is 1. The first-order chi connectivity index (χ1) is 13.5. The zero-order valence-corrected chi connectivity index (χ0v) is 17.8. The van der Waals surface area contributed by atoms with Crippen LogP contribution in [-0.4, -0.2) is 10.8 Å².